The number of halogens is 1. The van der Waals surface area contributed by atoms with E-state index in [-0.39, 0.29) is 5.75 Å². The van der Waals surface area contributed by atoms with E-state index in [0.717, 1.165) is 0 Å². The van der Waals surface area contributed by atoms with Gasteiger partial charge in [-0.25, -0.2) is 4.39 Å². The maximum atomic E-state index is 13.1. The number of ether oxygens (including phenoxy) is 1. The van der Waals surface area contributed by atoms with Crippen LogP contribution in [0.15, 0.2) is 23.4 Å². The number of hydrogen-bond donors (Lipinski definition) is 0. The van der Waals surface area contributed by atoms with Crippen LogP contribution in [0.2, 0.25) is 0 Å². The van der Waals surface area contributed by atoms with E-state index in [1.54, 1.807) is 12.1 Å². The molecule has 2 rings (SSSR count). The molecule has 1 atom stereocenters. The number of nitrogens with zero attached hydrogens (tertiary/aromatic N) is 1. The Morgan fingerprint density at radius 2 is 2.38 bits per heavy atom. The average molecular weight is 181 g/mol. The Hall–Kier alpha value is -1.45. The summed E-state index contributed by atoms with van der Waals surface area (Å²) in [4.78, 5) is 10.4. The quantitative estimate of drug-likeness (QED) is 0.624. The van der Waals surface area contributed by atoms with E-state index in [9.17, 15) is 9.30 Å². The minimum atomic E-state index is -0.459. The second-order valence-electron chi connectivity index (χ2n) is 2.92. The molecule has 0 fully saturated rings. The van der Waals surface area contributed by atoms with Gasteiger partial charge in [-0.2, -0.15) is 4.91 Å². The van der Waals surface area contributed by atoms with Gasteiger partial charge in [0.2, 0.25) is 0 Å². The van der Waals surface area contributed by atoms with Gasteiger partial charge < -0.3 is 4.74 Å². The van der Waals surface area contributed by atoms with E-state index >= 15 is 0 Å². The van der Waals surface area contributed by atoms with Gasteiger partial charge in [-0.15, -0.1) is 0 Å². The molecule has 1 aromatic carbocycles. The smallest absolute Gasteiger partial charge is 0.165 e. The summed E-state index contributed by atoms with van der Waals surface area (Å²) in [6.45, 7) is 0.352. The van der Waals surface area contributed by atoms with Crippen molar-refractivity contribution in [2.24, 2.45) is 5.18 Å². The van der Waals surface area contributed by atoms with Gasteiger partial charge in [0.25, 0.3) is 0 Å². The van der Waals surface area contributed by atoms with Crippen molar-refractivity contribution in [3.8, 4) is 5.75 Å². The van der Waals surface area contributed by atoms with E-state index in [1.165, 1.54) is 6.07 Å². The molecular formula is C9H8FNO2. The van der Waals surface area contributed by atoms with Gasteiger partial charge in [0.1, 0.15) is 6.04 Å². The molecule has 4 heteroatoms. The van der Waals surface area contributed by atoms with Crippen molar-refractivity contribution in [1.82, 2.24) is 0 Å². The van der Waals surface area contributed by atoms with Crippen molar-refractivity contribution < 1.29 is 9.13 Å². The number of para-hydroxylation sites is 1. The lowest BCUT2D eigenvalue weighted by molar-refractivity contribution is 0.255. The lowest BCUT2D eigenvalue weighted by Crippen LogP contribution is -2.13. The van der Waals surface area contributed by atoms with Crippen LogP contribution >= 0.6 is 0 Å². The first-order chi connectivity index (χ1) is 6.33. The summed E-state index contributed by atoms with van der Waals surface area (Å²) in [6.07, 6.45) is 0.528. The second kappa shape index (κ2) is 3.12. The molecule has 0 aromatic heterocycles. The highest BCUT2D eigenvalue weighted by Crippen LogP contribution is 2.35. The Bertz CT molecular complexity index is 340. The molecule has 0 aliphatic carbocycles. The molecular weight excluding hydrogens is 173 g/mol. The summed E-state index contributed by atoms with van der Waals surface area (Å²) >= 11 is 0. The van der Waals surface area contributed by atoms with E-state index in [4.69, 9.17) is 4.74 Å². The fourth-order valence-corrected chi connectivity index (χ4v) is 1.48. The minimum Gasteiger partial charge on any atom is -0.490 e. The molecule has 0 spiro atoms. The first kappa shape index (κ1) is 8.16. The van der Waals surface area contributed by atoms with Crippen LogP contribution in [0.3, 0.4) is 0 Å². The number of benzene rings is 1. The first-order valence-corrected chi connectivity index (χ1v) is 4.06. The van der Waals surface area contributed by atoms with Crippen molar-refractivity contribution in [1.29, 1.82) is 0 Å². The van der Waals surface area contributed by atoms with Crippen LogP contribution in [0.1, 0.15) is 18.0 Å². The van der Waals surface area contributed by atoms with E-state index < -0.39 is 11.9 Å². The molecule has 1 unspecified atom stereocenters. The van der Waals surface area contributed by atoms with E-state index in [2.05, 4.69) is 5.18 Å². The van der Waals surface area contributed by atoms with Gasteiger partial charge in [0.05, 0.1) is 6.61 Å². The topological polar surface area (TPSA) is 38.7 Å². The third-order valence-electron chi connectivity index (χ3n) is 2.12. The standard InChI is InChI=1S/C9H8FNO2/c10-7-3-1-2-6-8(11-12)4-5-13-9(6)7/h1-3,8H,4-5H2. The van der Waals surface area contributed by atoms with Crippen LogP contribution in [0, 0.1) is 10.7 Å². The monoisotopic (exact) mass is 181 g/mol. The van der Waals surface area contributed by atoms with Gasteiger partial charge in [-0.3, -0.25) is 0 Å². The van der Waals surface area contributed by atoms with Gasteiger partial charge in [0, 0.05) is 12.0 Å². The van der Waals surface area contributed by atoms with Crippen molar-refractivity contribution in [2.75, 3.05) is 6.61 Å². The third-order valence-corrected chi connectivity index (χ3v) is 2.12. The zero-order valence-electron chi connectivity index (χ0n) is 6.87. The van der Waals surface area contributed by atoms with Crippen LogP contribution in [0.25, 0.3) is 0 Å². The SMILES string of the molecule is O=NC1CCOc2c(F)cccc21. The third kappa shape index (κ3) is 1.28. The number of hydrogen-bond acceptors (Lipinski definition) is 3. The lowest BCUT2D eigenvalue weighted by Gasteiger charge is -2.20. The molecule has 3 nitrogen and oxygen atoms in total. The van der Waals surface area contributed by atoms with Crippen molar-refractivity contribution >= 4 is 0 Å². The van der Waals surface area contributed by atoms with Crippen LogP contribution in [-0.4, -0.2) is 6.61 Å². The zero-order chi connectivity index (χ0) is 9.26. The molecule has 0 N–H and O–H groups in total. The molecule has 1 heterocycles. The maximum absolute atomic E-state index is 13.1. The molecule has 0 saturated carbocycles. The number of fused-ring (bicyclic) bond motifs is 1. The van der Waals surface area contributed by atoms with E-state index in [1.807, 2.05) is 0 Å². The summed E-state index contributed by atoms with van der Waals surface area (Å²) < 4.78 is 18.2. The predicted molar refractivity (Wildman–Crippen MR) is 45.0 cm³/mol. The zero-order valence-corrected chi connectivity index (χ0v) is 6.87. The highest BCUT2D eigenvalue weighted by molar-refractivity contribution is 5.38. The summed E-state index contributed by atoms with van der Waals surface area (Å²) in [7, 11) is 0. The molecule has 0 saturated heterocycles. The Morgan fingerprint density at radius 3 is 3.15 bits per heavy atom. The molecule has 0 radical (unpaired) electrons. The van der Waals surface area contributed by atoms with Gasteiger partial charge in [0.15, 0.2) is 11.6 Å². The lowest BCUT2D eigenvalue weighted by atomic mass is 10.0. The second-order valence-corrected chi connectivity index (χ2v) is 2.92. The van der Waals surface area contributed by atoms with E-state index in [0.29, 0.717) is 18.6 Å². The average Bonchev–Trinajstić information content (AvgIpc) is 2.18. The summed E-state index contributed by atoms with van der Waals surface area (Å²) in [5, 5.41) is 2.93. The van der Waals surface area contributed by atoms with Crippen LogP contribution < -0.4 is 4.74 Å². The molecule has 68 valence electrons. The summed E-state index contributed by atoms with van der Waals surface area (Å²) in [5.41, 5.74) is 0.557. The summed E-state index contributed by atoms with van der Waals surface area (Å²) in [5.74, 6) is -0.246. The van der Waals surface area contributed by atoms with Crippen molar-refractivity contribution in [3.05, 3.63) is 34.5 Å². The summed E-state index contributed by atoms with van der Waals surface area (Å²) in [6, 6.07) is 4.08. The van der Waals surface area contributed by atoms with Crippen LogP contribution in [0.4, 0.5) is 4.39 Å². The molecule has 1 aliphatic heterocycles. The highest BCUT2D eigenvalue weighted by atomic mass is 19.1. The first-order valence-electron chi connectivity index (χ1n) is 4.06. The van der Waals surface area contributed by atoms with Crippen LogP contribution in [-0.2, 0) is 0 Å². The predicted octanol–water partition coefficient (Wildman–Crippen LogP) is 2.42. The fraction of sp³-hybridized carbons (Fsp3) is 0.333. The van der Waals surface area contributed by atoms with Gasteiger partial charge in [-0.1, -0.05) is 17.3 Å². The Kier molecular flexibility index (Phi) is 1.96. The molecule has 1 aliphatic rings. The van der Waals surface area contributed by atoms with Crippen molar-refractivity contribution in [2.45, 2.75) is 12.5 Å². The highest BCUT2D eigenvalue weighted by Gasteiger charge is 2.24. The molecule has 1 aromatic rings. The molecule has 0 amide bonds. The Morgan fingerprint density at radius 1 is 1.54 bits per heavy atom. The largest absolute Gasteiger partial charge is 0.490 e. The Balaban J connectivity index is 2.51. The Labute approximate surface area is 74.5 Å². The number of nitroso groups, excluding NO2 is 1. The van der Waals surface area contributed by atoms with Gasteiger partial charge >= 0.3 is 0 Å². The van der Waals surface area contributed by atoms with Crippen LogP contribution in [0.5, 0.6) is 5.75 Å². The number of rotatable bonds is 1. The maximum Gasteiger partial charge on any atom is 0.165 e. The molecule has 0 bridgehead atoms. The minimum absolute atomic E-state index is 0.179. The normalized spacial score (nSPS) is 20.2. The van der Waals surface area contributed by atoms with Gasteiger partial charge in [-0.05, 0) is 6.07 Å². The van der Waals surface area contributed by atoms with Crippen molar-refractivity contribution in [3.63, 3.8) is 0 Å². The fourth-order valence-electron chi connectivity index (χ4n) is 1.48. The molecule has 13 heavy (non-hydrogen) atoms.